The number of nitrogens with one attached hydrogen (secondary N) is 2. The molecule has 2 N–H and O–H groups in total. The van der Waals surface area contributed by atoms with Gasteiger partial charge in [-0.2, -0.15) is 0 Å². The number of carbonyl (C=O) groups is 2. The van der Waals surface area contributed by atoms with E-state index in [1.807, 2.05) is 30.3 Å². The van der Waals surface area contributed by atoms with Gasteiger partial charge in [0.15, 0.2) is 11.1 Å². The molecule has 12 heteroatoms. The standard InChI is InChI=1S/C35H36N4O7S/c1-45-34(42)46-33-28(30(40)27-9-6-14-36-31(27)39(33)26-7-4-3-5-8-26)17-21-10-12-23(13-11-21)32(41)37-29-24-15-22-16-25(29)20-35(18-22,19-24)38-47(2,43)44/h3-14,22,24-25,29,38H,15-20H2,1-2H3,(H,37,41)/t22-,24-,25+,29-,35+. The number of para-hydroxylation sites is 1. The number of hydrogen-bond donors (Lipinski definition) is 2. The van der Waals surface area contributed by atoms with Gasteiger partial charge in [-0.3, -0.25) is 14.2 Å². The molecule has 47 heavy (non-hydrogen) atoms. The molecule has 5 atom stereocenters. The minimum absolute atomic E-state index is 0.00564. The molecular formula is C35H36N4O7S. The van der Waals surface area contributed by atoms with Crippen LogP contribution in [0.4, 0.5) is 4.79 Å². The lowest BCUT2D eigenvalue weighted by Crippen LogP contribution is -2.66. The summed E-state index contributed by atoms with van der Waals surface area (Å²) in [5, 5.41) is 3.64. The number of fused-ring (bicyclic) bond motifs is 1. The van der Waals surface area contributed by atoms with Crippen LogP contribution in [0.15, 0.2) is 77.7 Å². The Morgan fingerprint density at radius 1 is 0.979 bits per heavy atom. The molecule has 4 aliphatic rings. The second-order valence-electron chi connectivity index (χ2n) is 13.2. The van der Waals surface area contributed by atoms with E-state index in [0.29, 0.717) is 28.2 Å². The summed E-state index contributed by atoms with van der Waals surface area (Å²) in [6, 6.07) is 19.6. The number of hydrogen-bond acceptors (Lipinski definition) is 8. The molecule has 0 spiro atoms. The number of ether oxygens (including phenoxy) is 2. The van der Waals surface area contributed by atoms with Gasteiger partial charge in [-0.15, -0.1) is 0 Å². The number of methoxy groups -OCH3 is 1. The summed E-state index contributed by atoms with van der Waals surface area (Å²) in [6.45, 7) is 0. The average molecular weight is 657 g/mol. The summed E-state index contributed by atoms with van der Waals surface area (Å²) in [7, 11) is -2.13. The molecule has 0 unspecified atom stereocenters. The van der Waals surface area contributed by atoms with Gasteiger partial charge in [0.05, 0.1) is 30.0 Å². The number of sulfonamides is 1. The molecule has 244 valence electrons. The maximum Gasteiger partial charge on any atom is 0.514 e. The molecular weight excluding hydrogens is 620 g/mol. The monoisotopic (exact) mass is 656 g/mol. The topological polar surface area (TPSA) is 146 Å². The first-order valence-corrected chi connectivity index (χ1v) is 17.6. The molecule has 4 aromatic rings. The molecule has 0 radical (unpaired) electrons. The van der Waals surface area contributed by atoms with Crippen LogP contribution in [-0.2, 0) is 21.2 Å². The van der Waals surface area contributed by atoms with Crippen LogP contribution in [0.3, 0.4) is 0 Å². The molecule has 2 aromatic heterocycles. The fourth-order valence-electron chi connectivity index (χ4n) is 8.43. The fraction of sp³-hybridized carbons (Fsp3) is 0.371. The molecule has 1 amide bonds. The van der Waals surface area contributed by atoms with Crippen molar-refractivity contribution in [3.05, 3.63) is 99.8 Å². The van der Waals surface area contributed by atoms with Crippen molar-refractivity contribution in [3.63, 3.8) is 0 Å². The van der Waals surface area contributed by atoms with E-state index in [1.165, 1.54) is 13.4 Å². The van der Waals surface area contributed by atoms with Crippen molar-refractivity contribution in [2.45, 2.75) is 50.1 Å². The van der Waals surface area contributed by atoms with Crippen molar-refractivity contribution in [2.75, 3.05) is 13.4 Å². The van der Waals surface area contributed by atoms with Gasteiger partial charge in [0.1, 0.15) is 0 Å². The Bertz CT molecular complexity index is 2010. The van der Waals surface area contributed by atoms with E-state index in [1.54, 1.807) is 47.2 Å². The smallest absolute Gasteiger partial charge is 0.437 e. The third-order valence-corrected chi connectivity index (χ3v) is 10.7. The Balaban J connectivity index is 1.15. The normalized spacial score (nSPS) is 24.6. The third kappa shape index (κ3) is 6.03. The van der Waals surface area contributed by atoms with Crippen LogP contribution in [0.1, 0.15) is 53.6 Å². The van der Waals surface area contributed by atoms with E-state index in [-0.39, 0.29) is 47.1 Å². The lowest BCUT2D eigenvalue weighted by atomic mass is 9.51. The molecule has 4 bridgehead atoms. The maximum absolute atomic E-state index is 13.8. The van der Waals surface area contributed by atoms with Gasteiger partial charge >= 0.3 is 6.16 Å². The van der Waals surface area contributed by atoms with Crippen molar-refractivity contribution in [3.8, 4) is 11.6 Å². The van der Waals surface area contributed by atoms with Crippen LogP contribution in [0.2, 0.25) is 0 Å². The van der Waals surface area contributed by atoms with Gasteiger partial charge < -0.3 is 14.8 Å². The molecule has 2 heterocycles. The maximum atomic E-state index is 13.8. The summed E-state index contributed by atoms with van der Waals surface area (Å²) in [5.41, 5.74) is 1.71. The minimum Gasteiger partial charge on any atom is -0.437 e. The molecule has 11 nitrogen and oxygen atoms in total. The average Bonchev–Trinajstić information content (AvgIpc) is 3.04. The molecule has 0 aliphatic heterocycles. The molecule has 8 rings (SSSR count). The predicted octanol–water partition coefficient (Wildman–Crippen LogP) is 4.35. The molecule has 4 aliphatic carbocycles. The second-order valence-corrected chi connectivity index (χ2v) is 15.0. The van der Waals surface area contributed by atoms with Crippen LogP contribution in [0.5, 0.6) is 5.88 Å². The molecule has 2 aromatic carbocycles. The van der Waals surface area contributed by atoms with E-state index in [4.69, 9.17) is 9.47 Å². The van der Waals surface area contributed by atoms with Gasteiger partial charge in [0.2, 0.25) is 15.9 Å². The first kappa shape index (κ1) is 31.1. The number of rotatable bonds is 8. The van der Waals surface area contributed by atoms with Gasteiger partial charge in [-0.25, -0.2) is 22.9 Å². The van der Waals surface area contributed by atoms with E-state index < -0.39 is 21.7 Å². The summed E-state index contributed by atoms with van der Waals surface area (Å²) in [6.07, 6.45) is 6.25. The number of nitrogens with zero attached hydrogens (tertiary/aromatic N) is 2. The van der Waals surface area contributed by atoms with Crippen LogP contribution in [0.25, 0.3) is 16.7 Å². The van der Waals surface area contributed by atoms with Gasteiger partial charge in [0, 0.05) is 29.8 Å². The van der Waals surface area contributed by atoms with E-state index in [0.717, 1.165) is 37.7 Å². The van der Waals surface area contributed by atoms with E-state index >= 15 is 0 Å². The number of aromatic nitrogens is 2. The number of carbonyl (C=O) groups excluding carboxylic acids is 2. The Morgan fingerprint density at radius 2 is 1.68 bits per heavy atom. The predicted molar refractivity (Wildman–Crippen MR) is 175 cm³/mol. The summed E-state index contributed by atoms with van der Waals surface area (Å²) < 4.78 is 39.2. The van der Waals surface area contributed by atoms with Crippen LogP contribution < -0.4 is 20.2 Å². The highest BCUT2D eigenvalue weighted by molar-refractivity contribution is 7.88. The van der Waals surface area contributed by atoms with Crippen molar-refractivity contribution >= 4 is 33.1 Å². The quantitative estimate of drug-likeness (QED) is 0.267. The lowest BCUT2D eigenvalue weighted by Gasteiger charge is -2.59. The summed E-state index contributed by atoms with van der Waals surface area (Å²) in [5.74, 6) is 0.741. The Labute approximate surface area is 272 Å². The van der Waals surface area contributed by atoms with Crippen LogP contribution in [0, 0.1) is 17.8 Å². The van der Waals surface area contributed by atoms with Crippen LogP contribution >= 0.6 is 0 Å². The summed E-state index contributed by atoms with van der Waals surface area (Å²) in [4.78, 5) is 44.2. The number of benzene rings is 2. The SMILES string of the molecule is COC(=O)Oc1c(Cc2ccc(C(=O)N[C@@H]3[C@@H]4C[C@@H]5C[C@H]3C[C@](NS(C)(=O)=O)(C5)C4)cc2)c(=O)c2cccnc2n1-c1ccccc1. The molecule has 0 saturated heterocycles. The Kier molecular flexibility index (Phi) is 7.88. The largest absolute Gasteiger partial charge is 0.514 e. The minimum atomic E-state index is -3.33. The van der Waals surface area contributed by atoms with E-state index in [2.05, 4.69) is 15.0 Å². The molecule has 4 saturated carbocycles. The first-order valence-electron chi connectivity index (χ1n) is 15.7. The Morgan fingerprint density at radius 3 is 2.34 bits per heavy atom. The van der Waals surface area contributed by atoms with Crippen molar-refractivity contribution < 1.29 is 27.5 Å². The highest BCUT2D eigenvalue weighted by Gasteiger charge is 2.56. The van der Waals surface area contributed by atoms with Crippen molar-refractivity contribution in [2.24, 2.45) is 17.8 Å². The van der Waals surface area contributed by atoms with Gasteiger partial charge in [-0.1, -0.05) is 30.3 Å². The number of pyridine rings is 2. The van der Waals surface area contributed by atoms with Crippen molar-refractivity contribution in [1.29, 1.82) is 0 Å². The fourth-order valence-corrected chi connectivity index (χ4v) is 9.47. The van der Waals surface area contributed by atoms with Gasteiger partial charge in [-0.05, 0) is 91.8 Å². The second kappa shape index (κ2) is 11.9. The van der Waals surface area contributed by atoms with Gasteiger partial charge in [0.25, 0.3) is 5.91 Å². The Hall–Kier alpha value is -4.55. The zero-order chi connectivity index (χ0) is 32.9. The first-order chi connectivity index (χ1) is 22.5. The highest BCUT2D eigenvalue weighted by Crippen LogP contribution is 2.56. The zero-order valence-corrected chi connectivity index (χ0v) is 27.0. The number of amides is 1. The molecule has 4 fully saturated rings. The zero-order valence-electron chi connectivity index (χ0n) is 26.1. The van der Waals surface area contributed by atoms with E-state index in [9.17, 15) is 22.8 Å². The van der Waals surface area contributed by atoms with Crippen molar-refractivity contribution in [1.82, 2.24) is 19.6 Å². The highest BCUT2D eigenvalue weighted by atomic mass is 32.2. The summed E-state index contributed by atoms with van der Waals surface area (Å²) >= 11 is 0. The lowest BCUT2D eigenvalue weighted by molar-refractivity contribution is -0.0347. The van der Waals surface area contributed by atoms with Crippen LogP contribution in [-0.4, -0.2) is 55.0 Å². The third-order valence-electron chi connectivity index (χ3n) is 9.91.